The molecule has 1 atom stereocenters. The number of hydrogen-bond donors (Lipinski definition) is 1. The minimum Gasteiger partial charge on any atom is -0.350 e. The number of rotatable bonds is 10. The van der Waals surface area contributed by atoms with Crippen LogP contribution in [0.15, 0.2) is 115 Å². The van der Waals surface area contributed by atoms with Gasteiger partial charge < -0.3 is 10.2 Å². The zero-order valence-electron chi connectivity index (χ0n) is 23.4. The SMILES string of the molecule is CC(C)(C)NC(=O)[C@H](Cc1ccccc1)N(Cc1ccc(Cl)cc1)C(=O)CC(c1ccccc1)c1ccccc1. The molecule has 0 fully saturated rings. The molecule has 0 radical (unpaired) electrons. The molecule has 206 valence electrons. The number of carbonyl (C=O) groups excluding carboxylic acids is 2. The second-order valence-corrected chi connectivity index (χ2v) is 11.6. The normalized spacial score (nSPS) is 12.1. The first-order valence-corrected chi connectivity index (χ1v) is 14.1. The van der Waals surface area contributed by atoms with Crippen molar-refractivity contribution < 1.29 is 9.59 Å². The van der Waals surface area contributed by atoms with E-state index in [0.717, 1.165) is 22.3 Å². The lowest BCUT2D eigenvalue weighted by molar-refractivity contribution is -0.142. The van der Waals surface area contributed by atoms with E-state index in [1.54, 1.807) is 4.90 Å². The Labute approximate surface area is 243 Å². The zero-order valence-corrected chi connectivity index (χ0v) is 24.1. The van der Waals surface area contributed by atoms with Crippen LogP contribution >= 0.6 is 11.6 Å². The van der Waals surface area contributed by atoms with Gasteiger partial charge >= 0.3 is 0 Å². The highest BCUT2D eigenvalue weighted by atomic mass is 35.5. The Morgan fingerprint density at radius 1 is 0.725 bits per heavy atom. The standard InChI is InChI=1S/C35H37ClN2O2/c1-35(2,3)37-34(40)32(23-26-13-7-4-8-14-26)38(25-27-19-21-30(36)22-20-27)33(39)24-31(28-15-9-5-10-16-28)29-17-11-6-12-18-29/h4-22,31-32H,23-25H2,1-3H3,(H,37,40)/t32-/m0/s1. The first kappa shape index (κ1) is 29.1. The van der Waals surface area contributed by atoms with Gasteiger partial charge in [0.1, 0.15) is 6.04 Å². The maximum atomic E-state index is 14.4. The molecule has 1 N–H and O–H groups in total. The van der Waals surface area contributed by atoms with E-state index in [4.69, 9.17) is 11.6 Å². The fourth-order valence-corrected chi connectivity index (χ4v) is 5.01. The molecule has 4 aromatic rings. The molecule has 0 aromatic heterocycles. The lowest BCUT2D eigenvalue weighted by Gasteiger charge is -2.35. The minimum absolute atomic E-state index is 0.0855. The van der Waals surface area contributed by atoms with Crippen LogP contribution in [0.3, 0.4) is 0 Å². The van der Waals surface area contributed by atoms with Gasteiger partial charge in [-0.2, -0.15) is 0 Å². The van der Waals surface area contributed by atoms with Gasteiger partial charge in [0.15, 0.2) is 0 Å². The number of halogens is 1. The molecule has 0 spiro atoms. The minimum atomic E-state index is -0.697. The molecule has 0 unspecified atom stereocenters. The summed E-state index contributed by atoms with van der Waals surface area (Å²) >= 11 is 6.16. The van der Waals surface area contributed by atoms with Gasteiger partial charge in [-0.3, -0.25) is 9.59 Å². The average molecular weight is 553 g/mol. The molecule has 0 bridgehead atoms. The predicted octanol–water partition coefficient (Wildman–Crippen LogP) is 7.42. The Balaban J connectivity index is 1.74. The van der Waals surface area contributed by atoms with Crippen LogP contribution in [0.5, 0.6) is 0 Å². The molecule has 40 heavy (non-hydrogen) atoms. The fraction of sp³-hybridized carbons (Fsp3) is 0.257. The number of nitrogens with zero attached hydrogens (tertiary/aromatic N) is 1. The van der Waals surface area contributed by atoms with Crippen molar-refractivity contribution in [2.45, 2.75) is 57.7 Å². The van der Waals surface area contributed by atoms with E-state index in [2.05, 4.69) is 29.6 Å². The second-order valence-electron chi connectivity index (χ2n) is 11.2. The Morgan fingerprint density at radius 3 is 1.73 bits per heavy atom. The van der Waals surface area contributed by atoms with Crippen molar-refractivity contribution in [1.29, 1.82) is 0 Å². The molecule has 4 aromatic carbocycles. The van der Waals surface area contributed by atoms with E-state index in [-0.39, 0.29) is 24.2 Å². The van der Waals surface area contributed by atoms with Crippen molar-refractivity contribution in [3.8, 4) is 0 Å². The molecule has 0 heterocycles. The van der Waals surface area contributed by atoms with Crippen molar-refractivity contribution in [1.82, 2.24) is 10.2 Å². The maximum absolute atomic E-state index is 14.4. The van der Waals surface area contributed by atoms with Gasteiger partial charge in [0, 0.05) is 35.9 Å². The predicted molar refractivity (Wildman–Crippen MR) is 163 cm³/mol. The van der Waals surface area contributed by atoms with Crippen molar-refractivity contribution in [3.05, 3.63) is 143 Å². The third kappa shape index (κ3) is 8.30. The summed E-state index contributed by atoms with van der Waals surface area (Å²) in [6, 6.07) is 36.8. The van der Waals surface area contributed by atoms with Crippen LogP contribution in [0.1, 0.15) is 55.4 Å². The molecule has 0 aliphatic heterocycles. The van der Waals surface area contributed by atoms with Crippen molar-refractivity contribution in [2.75, 3.05) is 0 Å². The molecule has 0 saturated heterocycles. The lowest BCUT2D eigenvalue weighted by Crippen LogP contribution is -2.54. The quantitative estimate of drug-likeness (QED) is 0.222. The van der Waals surface area contributed by atoms with Gasteiger partial charge in [-0.25, -0.2) is 0 Å². The van der Waals surface area contributed by atoms with Crippen molar-refractivity contribution in [3.63, 3.8) is 0 Å². The van der Waals surface area contributed by atoms with Crippen LogP contribution < -0.4 is 5.32 Å². The third-order valence-electron chi connectivity index (χ3n) is 6.82. The van der Waals surface area contributed by atoms with Crippen LogP contribution in [-0.4, -0.2) is 28.3 Å². The summed E-state index contributed by atoms with van der Waals surface area (Å²) in [4.78, 5) is 30.0. The van der Waals surface area contributed by atoms with Gasteiger partial charge in [-0.15, -0.1) is 0 Å². The van der Waals surface area contributed by atoms with Crippen LogP contribution in [0.2, 0.25) is 5.02 Å². The summed E-state index contributed by atoms with van der Waals surface area (Å²) in [5.74, 6) is -0.405. The maximum Gasteiger partial charge on any atom is 0.243 e. The number of nitrogens with one attached hydrogen (secondary N) is 1. The Hall–Kier alpha value is -3.89. The summed E-state index contributed by atoms with van der Waals surface area (Å²) in [6.07, 6.45) is 0.638. The van der Waals surface area contributed by atoms with Crippen molar-refractivity contribution in [2.24, 2.45) is 0 Å². The summed E-state index contributed by atoms with van der Waals surface area (Å²) in [7, 11) is 0. The number of carbonyl (C=O) groups is 2. The Bertz CT molecular complexity index is 1330. The fourth-order valence-electron chi connectivity index (χ4n) is 4.88. The molecule has 2 amide bonds. The summed E-state index contributed by atoms with van der Waals surface area (Å²) in [5.41, 5.74) is 3.58. The van der Waals surface area contributed by atoms with Crippen molar-refractivity contribution >= 4 is 23.4 Å². The molecular weight excluding hydrogens is 516 g/mol. The van der Waals surface area contributed by atoms with E-state index in [1.807, 2.05) is 112 Å². The summed E-state index contributed by atoms with van der Waals surface area (Å²) in [5, 5.41) is 3.76. The highest BCUT2D eigenvalue weighted by Crippen LogP contribution is 2.30. The Morgan fingerprint density at radius 2 is 1.23 bits per heavy atom. The van der Waals surface area contributed by atoms with E-state index in [1.165, 1.54) is 0 Å². The highest BCUT2D eigenvalue weighted by molar-refractivity contribution is 6.30. The van der Waals surface area contributed by atoms with Gasteiger partial charge in [0.05, 0.1) is 0 Å². The van der Waals surface area contributed by atoms with Crippen LogP contribution in [0.25, 0.3) is 0 Å². The molecule has 0 saturated carbocycles. The van der Waals surface area contributed by atoms with Gasteiger partial charge in [-0.1, -0.05) is 115 Å². The number of hydrogen-bond acceptors (Lipinski definition) is 2. The van der Waals surface area contributed by atoms with Crippen LogP contribution in [-0.2, 0) is 22.6 Å². The largest absolute Gasteiger partial charge is 0.350 e. The highest BCUT2D eigenvalue weighted by Gasteiger charge is 2.33. The molecule has 5 heteroatoms. The monoisotopic (exact) mass is 552 g/mol. The summed E-state index contributed by atoms with van der Waals surface area (Å²) in [6.45, 7) is 6.16. The number of amides is 2. The topological polar surface area (TPSA) is 49.4 Å². The van der Waals surface area contributed by atoms with E-state index in [9.17, 15) is 9.59 Å². The Kier molecular flexibility index (Phi) is 9.79. The van der Waals surface area contributed by atoms with Gasteiger partial charge in [0.25, 0.3) is 0 Å². The van der Waals surface area contributed by atoms with Gasteiger partial charge in [0.2, 0.25) is 11.8 Å². The first-order valence-electron chi connectivity index (χ1n) is 13.7. The van der Waals surface area contributed by atoms with Crippen LogP contribution in [0.4, 0.5) is 0 Å². The zero-order chi connectivity index (χ0) is 28.5. The van der Waals surface area contributed by atoms with Gasteiger partial charge in [-0.05, 0) is 55.2 Å². The first-order chi connectivity index (χ1) is 19.2. The average Bonchev–Trinajstić information content (AvgIpc) is 2.95. The van der Waals surface area contributed by atoms with E-state index in [0.29, 0.717) is 18.0 Å². The number of benzene rings is 4. The molecule has 0 aliphatic rings. The smallest absolute Gasteiger partial charge is 0.243 e. The van der Waals surface area contributed by atoms with Crippen LogP contribution in [0, 0.1) is 0 Å². The lowest BCUT2D eigenvalue weighted by atomic mass is 9.87. The summed E-state index contributed by atoms with van der Waals surface area (Å²) < 4.78 is 0. The van der Waals surface area contributed by atoms with E-state index < -0.39 is 11.6 Å². The molecule has 4 rings (SSSR count). The molecule has 0 aliphatic carbocycles. The second kappa shape index (κ2) is 13.5. The third-order valence-corrected chi connectivity index (χ3v) is 7.07. The molecular formula is C35H37ClN2O2. The van der Waals surface area contributed by atoms with E-state index >= 15 is 0 Å². The molecule has 4 nitrogen and oxygen atoms in total.